The van der Waals surface area contributed by atoms with E-state index in [0.29, 0.717) is 6.54 Å². The fourth-order valence-corrected chi connectivity index (χ4v) is 1.70. The zero-order valence-corrected chi connectivity index (χ0v) is 8.29. The minimum Gasteiger partial charge on any atom is -0.381 e. The van der Waals surface area contributed by atoms with Crippen molar-refractivity contribution in [1.82, 2.24) is 4.90 Å². The summed E-state index contributed by atoms with van der Waals surface area (Å²) in [6, 6.07) is 0.124. The van der Waals surface area contributed by atoms with Gasteiger partial charge in [-0.25, -0.2) is 0 Å². The van der Waals surface area contributed by atoms with Gasteiger partial charge in [-0.05, 0) is 26.7 Å². The van der Waals surface area contributed by atoms with E-state index < -0.39 is 5.60 Å². The van der Waals surface area contributed by atoms with Crippen molar-refractivity contribution in [3.8, 4) is 0 Å². The number of hydrogen-bond acceptors (Lipinski definition) is 3. The Labute approximate surface area is 78.7 Å². The number of nitrogens with two attached hydrogens (primary N) is 1. The molecule has 0 bridgehead atoms. The van der Waals surface area contributed by atoms with E-state index in [0.717, 1.165) is 19.4 Å². The number of nitrogens with zero attached hydrogens (tertiary/aromatic N) is 1. The Balaban J connectivity index is 2.66. The third kappa shape index (κ3) is 2.19. The van der Waals surface area contributed by atoms with Crippen molar-refractivity contribution in [2.45, 2.75) is 38.3 Å². The van der Waals surface area contributed by atoms with Gasteiger partial charge in [0.15, 0.2) is 0 Å². The van der Waals surface area contributed by atoms with Gasteiger partial charge in [0, 0.05) is 19.1 Å². The van der Waals surface area contributed by atoms with Gasteiger partial charge < -0.3 is 15.7 Å². The van der Waals surface area contributed by atoms with Crippen LogP contribution in [0.3, 0.4) is 0 Å². The molecule has 0 aromatic heterocycles. The van der Waals surface area contributed by atoms with E-state index in [2.05, 4.69) is 0 Å². The normalized spacial score (nSPS) is 23.7. The fraction of sp³-hybridized carbons (Fsp3) is 0.889. The third-order valence-electron chi connectivity index (χ3n) is 2.43. The Hall–Kier alpha value is -0.610. The first-order valence-electron chi connectivity index (χ1n) is 4.70. The van der Waals surface area contributed by atoms with Gasteiger partial charge in [-0.2, -0.15) is 0 Å². The molecule has 1 atom stereocenters. The van der Waals surface area contributed by atoms with Crippen LogP contribution >= 0.6 is 0 Å². The molecule has 1 saturated heterocycles. The quantitative estimate of drug-likeness (QED) is 0.622. The highest BCUT2D eigenvalue weighted by molar-refractivity contribution is 5.84. The molecule has 4 heteroatoms. The van der Waals surface area contributed by atoms with Gasteiger partial charge in [-0.15, -0.1) is 0 Å². The first kappa shape index (κ1) is 10.5. The van der Waals surface area contributed by atoms with Crippen molar-refractivity contribution in [3.05, 3.63) is 0 Å². The minimum atomic E-state index is -1.27. The molecule has 1 amide bonds. The Kier molecular flexibility index (Phi) is 2.93. The third-order valence-corrected chi connectivity index (χ3v) is 2.43. The summed E-state index contributed by atoms with van der Waals surface area (Å²) in [7, 11) is 0. The molecule has 1 heterocycles. The maximum atomic E-state index is 11.7. The SMILES string of the molecule is CC(C)(O)C(=O)N1CCC[C@H]1CN. The number of carbonyl (C=O) groups excluding carboxylic acids is 1. The summed E-state index contributed by atoms with van der Waals surface area (Å²) >= 11 is 0. The van der Waals surface area contributed by atoms with Crippen LogP contribution in [0.25, 0.3) is 0 Å². The van der Waals surface area contributed by atoms with Crippen LogP contribution in [0, 0.1) is 0 Å². The molecule has 1 aliphatic rings. The average Bonchev–Trinajstić information content (AvgIpc) is 2.48. The summed E-state index contributed by atoms with van der Waals surface area (Å²) < 4.78 is 0. The molecule has 0 radical (unpaired) electrons. The second-order valence-electron chi connectivity index (χ2n) is 4.09. The molecule has 13 heavy (non-hydrogen) atoms. The molecule has 3 N–H and O–H groups in total. The highest BCUT2D eigenvalue weighted by Gasteiger charge is 2.35. The zero-order chi connectivity index (χ0) is 10.1. The molecule has 0 aromatic carbocycles. The van der Waals surface area contributed by atoms with E-state index >= 15 is 0 Å². The second-order valence-corrected chi connectivity index (χ2v) is 4.09. The number of amides is 1. The van der Waals surface area contributed by atoms with Crippen LogP contribution in [-0.4, -0.2) is 40.6 Å². The number of aliphatic hydroxyl groups is 1. The summed E-state index contributed by atoms with van der Waals surface area (Å²) in [5.41, 5.74) is 4.26. The van der Waals surface area contributed by atoms with E-state index in [1.807, 2.05) is 0 Å². The van der Waals surface area contributed by atoms with Gasteiger partial charge in [0.25, 0.3) is 5.91 Å². The molecule has 1 aliphatic heterocycles. The van der Waals surface area contributed by atoms with Crippen LogP contribution in [0.1, 0.15) is 26.7 Å². The monoisotopic (exact) mass is 186 g/mol. The number of carbonyl (C=O) groups is 1. The molecule has 0 aromatic rings. The van der Waals surface area contributed by atoms with Crippen molar-refractivity contribution in [2.24, 2.45) is 5.73 Å². The topological polar surface area (TPSA) is 66.6 Å². The Morgan fingerprint density at radius 2 is 2.31 bits per heavy atom. The van der Waals surface area contributed by atoms with Crippen molar-refractivity contribution in [3.63, 3.8) is 0 Å². The molecule has 0 unspecified atom stereocenters. The molecule has 76 valence electrons. The molecule has 4 nitrogen and oxygen atoms in total. The van der Waals surface area contributed by atoms with Crippen LogP contribution < -0.4 is 5.73 Å². The largest absolute Gasteiger partial charge is 0.381 e. The average molecular weight is 186 g/mol. The maximum Gasteiger partial charge on any atom is 0.254 e. The Morgan fingerprint density at radius 1 is 1.69 bits per heavy atom. The minimum absolute atomic E-state index is 0.124. The fourth-order valence-electron chi connectivity index (χ4n) is 1.70. The first-order chi connectivity index (χ1) is 5.96. The zero-order valence-electron chi connectivity index (χ0n) is 8.29. The predicted octanol–water partition coefficient (Wildman–Crippen LogP) is -0.293. The lowest BCUT2D eigenvalue weighted by molar-refractivity contribution is -0.148. The van der Waals surface area contributed by atoms with Crippen molar-refractivity contribution < 1.29 is 9.90 Å². The smallest absolute Gasteiger partial charge is 0.254 e. The summed E-state index contributed by atoms with van der Waals surface area (Å²) in [6.45, 7) is 4.25. The van der Waals surface area contributed by atoms with Crippen LogP contribution in [0.4, 0.5) is 0 Å². The molecular weight excluding hydrogens is 168 g/mol. The lowest BCUT2D eigenvalue weighted by Crippen LogP contribution is -2.49. The number of rotatable bonds is 2. The molecule has 1 rings (SSSR count). The van der Waals surface area contributed by atoms with Gasteiger partial charge in [-0.3, -0.25) is 4.79 Å². The highest BCUT2D eigenvalue weighted by Crippen LogP contribution is 2.20. The maximum absolute atomic E-state index is 11.7. The first-order valence-corrected chi connectivity index (χ1v) is 4.70. The molecule has 1 fully saturated rings. The lowest BCUT2D eigenvalue weighted by Gasteiger charge is -2.29. The Bertz CT molecular complexity index is 198. The summed E-state index contributed by atoms with van der Waals surface area (Å²) in [6.07, 6.45) is 1.95. The van der Waals surface area contributed by atoms with Crippen molar-refractivity contribution in [2.75, 3.05) is 13.1 Å². The van der Waals surface area contributed by atoms with Gasteiger partial charge in [-0.1, -0.05) is 0 Å². The number of hydrogen-bond donors (Lipinski definition) is 2. The lowest BCUT2D eigenvalue weighted by atomic mass is 10.1. The van der Waals surface area contributed by atoms with Gasteiger partial charge >= 0.3 is 0 Å². The molecular formula is C9H18N2O2. The van der Waals surface area contributed by atoms with Gasteiger partial charge in [0.1, 0.15) is 5.60 Å². The van der Waals surface area contributed by atoms with E-state index in [9.17, 15) is 9.90 Å². The van der Waals surface area contributed by atoms with E-state index in [1.165, 1.54) is 13.8 Å². The second kappa shape index (κ2) is 3.64. The van der Waals surface area contributed by atoms with Crippen LogP contribution in [0.15, 0.2) is 0 Å². The van der Waals surface area contributed by atoms with Gasteiger partial charge in [0.2, 0.25) is 0 Å². The number of likely N-dealkylation sites (tertiary alicyclic amines) is 1. The standard InChI is InChI=1S/C9H18N2O2/c1-9(2,13)8(12)11-5-3-4-7(11)6-10/h7,13H,3-6,10H2,1-2H3/t7-/m0/s1. The molecule has 0 aliphatic carbocycles. The predicted molar refractivity (Wildman–Crippen MR) is 50.1 cm³/mol. The summed E-state index contributed by atoms with van der Waals surface area (Å²) in [5, 5.41) is 9.53. The van der Waals surface area contributed by atoms with Crippen LogP contribution in [0.5, 0.6) is 0 Å². The van der Waals surface area contributed by atoms with Crippen LogP contribution in [-0.2, 0) is 4.79 Å². The van der Waals surface area contributed by atoms with E-state index in [-0.39, 0.29) is 11.9 Å². The summed E-state index contributed by atoms with van der Waals surface area (Å²) in [4.78, 5) is 13.4. The molecule has 0 spiro atoms. The van der Waals surface area contributed by atoms with E-state index in [4.69, 9.17) is 5.73 Å². The Morgan fingerprint density at radius 3 is 2.77 bits per heavy atom. The van der Waals surface area contributed by atoms with Gasteiger partial charge in [0.05, 0.1) is 0 Å². The van der Waals surface area contributed by atoms with E-state index in [1.54, 1.807) is 4.90 Å². The van der Waals surface area contributed by atoms with Crippen LogP contribution in [0.2, 0.25) is 0 Å². The van der Waals surface area contributed by atoms with Crippen molar-refractivity contribution in [1.29, 1.82) is 0 Å². The summed E-state index contributed by atoms with van der Waals surface area (Å²) in [5.74, 6) is -0.208. The van der Waals surface area contributed by atoms with Crippen molar-refractivity contribution >= 4 is 5.91 Å². The molecule has 0 saturated carbocycles. The highest BCUT2D eigenvalue weighted by atomic mass is 16.3.